The van der Waals surface area contributed by atoms with Gasteiger partial charge in [-0.15, -0.1) is 0 Å². The van der Waals surface area contributed by atoms with E-state index in [2.05, 4.69) is 10.3 Å². The Morgan fingerprint density at radius 3 is 2.59 bits per heavy atom. The number of pyridine rings is 2. The number of aromatic nitrogens is 2. The Hall–Kier alpha value is -3.94. The standard InChI is InChI=1S/C26H20F3N3O2/c1-14-21(25(33)31-24(15-7-8-15)16-4-2-5-17(27)12-16)19-9-10-20(28)23(29)22(19)26(34)32(14)18-6-3-11-30-13-18/h2-6,9-13,15,24H,7-8H2,1H3,(H,31,33)/t24-/m0/s1. The summed E-state index contributed by atoms with van der Waals surface area (Å²) >= 11 is 0. The molecule has 8 heteroatoms. The van der Waals surface area contributed by atoms with Crippen LogP contribution in [0.25, 0.3) is 16.5 Å². The first-order valence-electron chi connectivity index (χ1n) is 10.9. The molecule has 1 N–H and O–H groups in total. The summed E-state index contributed by atoms with van der Waals surface area (Å²) in [6.45, 7) is 1.57. The molecule has 0 bridgehead atoms. The third kappa shape index (κ3) is 3.75. The summed E-state index contributed by atoms with van der Waals surface area (Å²) in [7, 11) is 0. The van der Waals surface area contributed by atoms with Gasteiger partial charge in [-0.05, 0) is 61.6 Å². The Morgan fingerprint density at radius 2 is 1.91 bits per heavy atom. The SMILES string of the molecule is Cc1c(C(=O)N[C@H](c2cccc(F)c2)C2CC2)c2ccc(F)c(F)c2c(=O)n1-c1cccnc1. The van der Waals surface area contributed by atoms with E-state index in [4.69, 9.17) is 0 Å². The second-order valence-corrected chi connectivity index (χ2v) is 8.44. The second kappa shape index (κ2) is 8.44. The number of carbonyl (C=O) groups excluding carboxylic acids is 1. The molecule has 1 amide bonds. The Morgan fingerprint density at radius 1 is 1.12 bits per heavy atom. The van der Waals surface area contributed by atoms with Crippen molar-refractivity contribution in [3.05, 3.63) is 106 Å². The number of carbonyl (C=O) groups is 1. The summed E-state index contributed by atoms with van der Waals surface area (Å²) in [5.74, 6) is -3.35. The van der Waals surface area contributed by atoms with Gasteiger partial charge in [0.1, 0.15) is 5.82 Å². The normalized spacial score (nSPS) is 14.2. The number of fused-ring (bicyclic) bond motifs is 1. The van der Waals surface area contributed by atoms with E-state index in [1.165, 1.54) is 30.6 Å². The first-order valence-corrected chi connectivity index (χ1v) is 10.9. The van der Waals surface area contributed by atoms with E-state index >= 15 is 0 Å². The van der Waals surface area contributed by atoms with Gasteiger partial charge in [-0.1, -0.05) is 18.2 Å². The van der Waals surface area contributed by atoms with Crippen molar-refractivity contribution in [2.45, 2.75) is 25.8 Å². The molecule has 0 aliphatic heterocycles. The number of amides is 1. The molecule has 2 aromatic carbocycles. The Kier molecular flexibility index (Phi) is 5.43. The molecule has 0 spiro atoms. The van der Waals surface area contributed by atoms with Crippen LogP contribution < -0.4 is 10.9 Å². The summed E-state index contributed by atoms with van der Waals surface area (Å²) in [5, 5.41) is 2.44. The van der Waals surface area contributed by atoms with E-state index in [-0.39, 0.29) is 22.6 Å². The van der Waals surface area contributed by atoms with Crippen molar-refractivity contribution in [1.82, 2.24) is 14.9 Å². The van der Waals surface area contributed by atoms with E-state index in [9.17, 15) is 22.8 Å². The molecule has 1 aliphatic rings. The highest BCUT2D eigenvalue weighted by molar-refractivity contribution is 6.08. The lowest BCUT2D eigenvalue weighted by Crippen LogP contribution is -2.33. The van der Waals surface area contributed by atoms with Crippen LogP contribution in [0.4, 0.5) is 13.2 Å². The highest BCUT2D eigenvalue weighted by atomic mass is 19.2. The maximum absolute atomic E-state index is 14.9. The molecule has 0 saturated heterocycles. The zero-order valence-corrected chi connectivity index (χ0v) is 18.2. The van der Waals surface area contributed by atoms with Crippen LogP contribution in [0, 0.1) is 30.3 Å². The average Bonchev–Trinajstić information content (AvgIpc) is 3.66. The number of nitrogens with one attached hydrogen (secondary N) is 1. The minimum atomic E-state index is -1.32. The Bertz CT molecular complexity index is 1480. The van der Waals surface area contributed by atoms with Crippen LogP contribution in [0.3, 0.4) is 0 Å². The second-order valence-electron chi connectivity index (χ2n) is 8.44. The van der Waals surface area contributed by atoms with E-state index in [0.717, 1.165) is 23.5 Å². The van der Waals surface area contributed by atoms with Gasteiger partial charge in [0, 0.05) is 17.3 Å². The van der Waals surface area contributed by atoms with E-state index in [0.29, 0.717) is 11.3 Å². The molecule has 1 atom stereocenters. The first kappa shape index (κ1) is 21.9. The predicted octanol–water partition coefficient (Wildman–Crippen LogP) is 4.99. The van der Waals surface area contributed by atoms with Gasteiger partial charge in [0.05, 0.1) is 28.9 Å². The van der Waals surface area contributed by atoms with Gasteiger partial charge in [-0.3, -0.25) is 19.1 Å². The molecule has 2 aromatic heterocycles. The van der Waals surface area contributed by atoms with Gasteiger partial charge in [0.15, 0.2) is 11.6 Å². The average molecular weight is 463 g/mol. The maximum Gasteiger partial charge on any atom is 0.266 e. The van der Waals surface area contributed by atoms with Crippen LogP contribution in [0.2, 0.25) is 0 Å². The van der Waals surface area contributed by atoms with Crippen molar-refractivity contribution in [2.75, 3.05) is 0 Å². The summed E-state index contributed by atoms with van der Waals surface area (Å²) < 4.78 is 44.0. The summed E-state index contributed by atoms with van der Waals surface area (Å²) in [6.07, 6.45) is 4.66. The molecule has 5 nitrogen and oxygen atoms in total. The van der Waals surface area contributed by atoms with Crippen LogP contribution in [0.15, 0.2) is 65.7 Å². The fourth-order valence-corrected chi connectivity index (χ4v) is 4.44. The molecule has 172 valence electrons. The molecule has 4 aromatic rings. The highest BCUT2D eigenvalue weighted by Gasteiger charge is 2.35. The molecule has 1 fully saturated rings. The van der Waals surface area contributed by atoms with Crippen molar-refractivity contribution >= 4 is 16.7 Å². The van der Waals surface area contributed by atoms with Crippen LogP contribution >= 0.6 is 0 Å². The van der Waals surface area contributed by atoms with Gasteiger partial charge < -0.3 is 5.32 Å². The maximum atomic E-state index is 14.9. The molecule has 1 saturated carbocycles. The van der Waals surface area contributed by atoms with Gasteiger partial charge >= 0.3 is 0 Å². The third-order valence-corrected chi connectivity index (χ3v) is 6.20. The van der Waals surface area contributed by atoms with Gasteiger partial charge in [0.25, 0.3) is 11.5 Å². The quantitative estimate of drug-likeness (QED) is 0.454. The molecular formula is C26H20F3N3O2. The fraction of sp³-hybridized carbons (Fsp3) is 0.192. The first-order chi connectivity index (χ1) is 16.4. The number of benzene rings is 2. The summed E-state index contributed by atoms with van der Waals surface area (Å²) in [4.78, 5) is 30.9. The highest BCUT2D eigenvalue weighted by Crippen LogP contribution is 2.41. The molecule has 5 rings (SSSR count). The van der Waals surface area contributed by atoms with Crippen molar-refractivity contribution in [2.24, 2.45) is 5.92 Å². The molecule has 0 radical (unpaired) electrons. The van der Waals surface area contributed by atoms with Crippen molar-refractivity contribution in [3.63, 3.8) is 0 Å². The van der Waals surface area contributed by atoms with Gasteiger partial charge in [0.2, 0.25) is 0 Å². The zero-order valence-electron chi connectivity index (χ0n) is 18.2. The molecule has 34 heavy (non-hydrogen) atoms. The van der Waals surface area contributed by atoms with Crippen LogP contribution in [-0.2, 0) is 0 Å². The van der Waals surface area contributed by atoms with E-state index in [1.807, 2.05) is 0 Å². The number of halogens is 3. The van der Waals surface area contributed by atoms with E-state index < -0.39 is 40.3 Å². The molecule has 0 unspecified atom stereocenters. The van der Waals surface area contributed by atoms with Crippen LogP contribution in [-0.4, -0.2) is 15.5 Å². The Labute approximate surface area is 192 Å². The van der Waals surface area contributed by atoms with Crippen LogP contribution in [0.1, 0.15) is 40.5 Å². The fourth-order valence-electron chi connectivity index (χ4n) is 4.44. The summed E-state index contributed by atoms with van der Waals surface area (Å²) in [6, 6.07) is 10.9. The number of hydrogen-bond donors (Lipinski definition) is 1. The monoisotopic (exact) mass is 463 g/mol. The topological polar surface area (TPSA) is 64.0 Å². The van der Waals surface area contributed by atoms with Crippen molar-refractivity contribution < 1.29 is 18.0 Å². The lowest BCUT2D eigenvalue weighted by molar-refractivity contribution is 0.0932. The zero-order chi connectivity index (χ0) is 24.0. The van der Waals surface area contributed by atoms with Gasteiger partial charge in [-0.2, -0.15) is 0 Å². The Balaban J connectivity index is 1.70. The molecule has 1 aliphatic carbocycles. The smallest absolute Gasteiger partial charge is 0.266 e. The molecular weight excluding hydrogens is 443 g/mol. The lowest BCUT2D eigenvalue weighted by Gasteiger charge is -2.22. The van der Waals surface area contributed by atoms with Gasteiger partial charge in [-0.25, -0.2) is 13.2 Å². The number of hydrogen-bond acceptors (Lipinski definition) is 3. The van der Waals surface area contributed by atoms with Crippen molar-refractivity contribution in [1.29, 1.82) is 0 Å². The van der Waals surface area contributed by atoms with Crippen molar-refractivity contribution in [3.8, 4) is 5.69 Å². The minimum Gasteiger partial charge on any atom is -0.345 e. The van der Waals surface area contributed by atoms with E-state index in [1.54, 1.807) is 31.2 Å². The number of rotatable bonds is 5. The number of nitrogens with zero attached hydrogens (tertiary/aromatic N) is 2. The predicted molar refractivity (Wildman–Crippen MR) is 121 cm³/mol. The van der Waals surface area contributed by atoms with Crippen LogP contribution in [0.5, 0.6) is 0 Å². The summed E-state index contributed by atoms with van der Waals surface area (Å²) in [5.41, 5.74) is 0.434. The largest absolute Gasteiger partial charge is 0.345 e. The lowest BCUT2D eigenvalue weighted by atomic mass is 9.99. The minimum absolute atomic E-state index is 0.00725. The third-order valence-electron chi connectivity index (χ3n) is 6.20. The molecule has 2 heterocycles.